The van der Waals surface area contributed by atoms with Crippen LogP contribution in [0, 0.1) is 0 Å². The highest BCUT2D eigenvalue weighted by atomic mass is 16.3. The van der Waals surface area contributed by atoms with E-state index < -0.39 is 0 Å². The molecule has 1 aliphatic heterocycles. The maximum atomic E-state index is 8.70. The van der Waals surface area contributed by atoms with Gasteiger partial charge in [-0.25, -0.2) is 0 Å². The number of hydrogen-bond acceptors (Lipinski definition) is 9. The molecule has 0 aromatic carbocycles. The van der Waals surface area contributed by atoms with Crippen molar-refractivity contribution in [2.45, 2.75) is 18.9 Å². The summed E-state index contributed by atoms with van der Waals surface area (Å²) in [6.45, 7) is -0.576. The van der Waals surface area contributed by atoms with E-state index in [1.165, 1.54) is 0 Å². The Labute approximate surface area is 87.2 Å². The molecule has 0 spiro atoms. The SMILES string of the molecule is OCNC1NC(NCO)NC(NCO)N1. The highest BCUT2D eigenvalue weighted by Crippen LogP contribution is 1.87. The van der Waals surface area contributed by atoms with Gasteiger partial charge in [0.25, 0.3) is 0 Å². The summed E-state index contributed by atoms with van der Waals surface area (Å²) in [5, 5.41) is 43.1. The van der Waals surface area contributed by atoms with Crippen LogP contribution in [0.1, 0.15) is 0 Å². The van der Waals surface area contributed by atoms with Gasteiger partial charge >= 0.3 is 0 Å². The summed E-state index contributed by atoms with van der Waals surface area (Å²) in [6.07, 6.45) is -1.03. The van der Waals surface area contributed by atoms with Crippen molar-refractivity contribution in [2.75, 3.05) is 20.2 Å². The van der Waals surface area contributed by atoms with Crippen LogP contribution in [0.5, 0.6) is 0 Å². The monoisotopic (exact) mass is 222 g/mol. The molecular weight excluding hydrogens is 204 g/mol. The average Bonchev–Trinajstić information content (AvgIpc) is 2.19. The van der Waals surface area contributed by atoms with Gasteiger partial charge in [0.05, 0.1) is 20.2 Å². The molecule has 0 aromatic heterocycles. The van der Waals surface area contributed by atoms with Crippen LogP contribution in [-0.2, 0) is 0 Å². The predicted molar refractivity (Wildman–Crippen MR) is 51.4 cm³/mol. The van der Waals surface area contributed by atoms with E-state index in [0.29, 0.717) is 0 Å². The Balaban J connectivity index is 2.40. The lowest BCUT2D eigenvalue weighted by Crippen LogP contribution is -2.77. The summed E-state index contributed by atoms with van der Waals surface area (Å²) in [5.41, 5.74) is 0. The lowest BCUT2D eigenvalue weighted by atomic mass is 10.5. The molecule has 0 aliphatic carbocycles. The van der Waals surface area contributed by atoms with E-state index in [0.717, 1.165) is 0 Å². The highest BCUT2D eigenvalue weighted by Gasteiger charge is 2.24. The van der Waals surface area contributed by atoms with Crippen LogP contribution >= 0.6 is 0 Å². The zero-order valence-corrected chi connectivity index (χ0v) is 8.20. The van der Waals surface area contributed by atoms with Gasteiger partial charge < -0.3 is 15.3 Å². The van der Waals surface area contributed by atoms with Crippen LogP contribution in [0.15, 0.2) is 0 Å². The second-order valence-electron chi connectivity index (χ2n) is 2.89. The van der Waals surface area contributed by atoms with Crippen molar-refractivity contribution in [3.63, 3.8) is 0 Å². The van der Waals surface area contributed by atoms with E-state index in [1.54, 1.807) is 0 Å². The summed E-state index contributed by atoms with van der Waals surface area (Å²) >= 11 is 0. The summed E-state index contributed by atoms with van der Waals surface area (Å²) in [5.74, 6) is 0. The Morgan fingerprint density at radius 1 is 0.667 bits per heavy atom. The molecule has 90 valence electrons. The number of aliphatic hydroxyl groups excluding tert-OH is 3. The number of aliphatic hydroxyl groups is 3. The summed E-state index contributed by atoms with van der Waals surface area (Å²) < 4.78 is 0. The van der Waals surface area contributed by atoms with Crippen molar-refractivity contribution in [1.29, 1.82) is 0 Å². The molecule has 1 fully saturated rings. The Kier molecular flexibility index (Phi) is 5.93. The zero-order valence-electron chi connectivity index (χ0n) is 8.20. The minimum Gasteiger partial charge on any atom is -0.381 e. The molecule has 0 saturated carbocycles. The van der Waals surface area contributed by atoms with Gasteiger partial charge in [0.1, 0.15) is 18.9 Å². The van der Waals surface area contributed by atoms with E-state index in [9.17, 15) is 0 Å². The van der Waals surface area contributed by atoms with Gasteiger partial charge in [-0.05, 0) is 0 Å². The standard InChI is InChI=1S/C6H18N6O3/c13-1-7-4-10-5(8-2-14)12-6(11-4)9-3-15/h4-15H,1-3H2. The van der Waals surface area contributed by atoms with Crippen LogP contribution in [0.4, 0.5) is 0 Å². The Hall–Kier alpha value is -0.360. The van der Waals surface area contributed by atoms with E-state index in [2.05, 4.69) is 31.9 Å². The fourth-order valence-electron chi connectivity index (χ4n) is 1.27. The molecule has 0 atom stereocenters. The first-order valence-corrected chi connectivity index (χ1v) is 4.61. The normalized spacial score (nSPS) is 31.8. The third-order valence-electron chi connectivity index (χ3n) is 1.89. The molecule has 0 amide bonds. The number of hydrogen-bond donors (Lipinski definition) is 9. The predicted octanol–water partition coefficient (Wildman–Crippen LogP) is -4.76. The maximum absolute atomic E-state index is 8.70. The van der Waals surface area contributed by atoms with Gasteiger partial charge in [-0.1, -0.05) is 0 Å². The maximum Gasteiger partial charge on any atom is 0.118 e. The molecule has 0 bridgehead atoms. The molecule has 1 rings (SSSR count). The molecule has 0 aromatic rings. The van der Waals surface area contributed by atoms with Gasteiger partial charge in [-0.2, -0.15) is 0 Å². The molecule has 15 heavy (non-hydrogen) atoms. The molecule has 0 radical (unpaired) electrons. The number of rotatable bonds is 6. The van der Waals surface area contributed by atoms with Crippen molar-refractivity contribution in [1.82, 2.24) is 31.9 Å². The van der Waals surface area contributed by atoms with Crippen LogP contribution in [0.3, 0.4) is 0 Å². The summed E-state index contributed by atoms with van der Waals surface area (Å²) in [7, 11) is 0. The lowest BCUT2D eigenvalue weighted by Gasteiger charge is -2.38. The first-order valence-electron chi connectivity index (χ1n) is 4.61. The minimum absolute atomic E-state index is 0.192. The molecule has 1 heterocycles. The van der Waals surface area contributed by atoms with E-state index in [-0.39, 0.29) is 39.1 Å². The largest absolute Gasteiger partial charge is 0.381 e. The van der Waals surface area contributed by atoms with Crippen molar-refractivity contribution in [3.05, 3.63) is 0 Å². The number of nitrogens with one attached hydrogen (secondary N) is 6. The van der Waals surface area contributed by atoms with Crippen molar-refractivity contribution >= 4 is 0 Å². The van der Waals surface area contributed by atoms with Crippen molar-refractivity contribution in [2.24, 2.45) is 0 Å². The fourth-order valence-corrected chi connectivity index (χ4v) is 1.27. The Morgan fingerprint density at radius 2 is 0.933 bits per heavy atom. The molecular formula is C6H18N6O3. The van der Waals surface area contributed by atoms with Gasteiger partial charge in [-0.15, -0.1) is 0 Å². The minimum atomic E-state index is -0.343. The molecule has 0 unspecified atom stereocenters. The molecule has 1 aliphatic rings. The Bertz CT molecular complexity index is 138. The summed E-state index contributed by atoms with van der Waals surface area (Å²) in [6, 6.07) is 0. The van der Waals surface area contributed by atoms with Gasteiger partial charge in [0.2, 0.25) is 0 Å². The van der Waals surface area contributed by atoms with Crippen LogP contribution in [-0.4, -0.2) is 54.4 Å². The van der Waals surface area contributed by atoms with E-state index >= 15 is 0 Å². The molecule has 1 saturated heterocycles. The molecule has 9 heteroatoms. The molecule has 9 nitrogen and oxygen atoms in total. The Morgan fingerprint density at radius 3 is 1.13 bits per heavy atom. The van der Waals surface area contributed by atoms with Crippen molar-refractivity contribution in [3.8, 4) is 0 Å². The first-order chi connectivity index (χ1) is 7.30. The zero-order chi connectivity index (χ0) is 11.1. The van der Waals surface area contributed by atoms with Gasteiger partial charge in [0, 0.05) is 0 Å². The second-order valence-corrected chi connectivity index (χ2v) is 2.89. The topological polar surface area (TPSA) is 133 Å². The van der Waals surface area contributed by atoms with Gasteiger partial charge in [0.15, 0.2) is 0 Å². The second kappa shape index (κ2) is 7.00. The average molecular weight is 222 g/mol. The quantitative estimate of drug-likeness (QED) is 0.203. The summed E-state index contributed by atoms with van der Waals surface area (Å²) in [4.78, 5) is 0. The smallest absolute Gasteiger partial charge is 0.118 e. The van der Waals surface area contributed by atoms with Crippen molar-refractivity contribution < 1.29 is 15.3 Å². The first kappa shape index (κ1) is 12.7. The third kappa shape index (κ3) is 4.34. The third-order valence-corrected chi connectivity index (χ3v) is 1.89. The highest BCUT2D eigenvalue weighted by molar-refractivity contribution is 4.77. The fraction of sp³-hybridized carbons (Fsp3) is 1.00. The van der Waals surface area contributed by atoms with E-state index in [1.807, 2.05) is 0 Å². The van der Waals surface area contributed by atoms with Crippen LogP contribution in [0.2, 0.25) is 0 Å². The molecule has 9 N–H and O–H groups in total. The van der Waals surface area contributed by atoms with E-state index in [4.69, 9.17) is 15.3 Å². The van der Waals surface area contributed by atoms with Crippen LogP contribution in [0.25, 0.3) is 0 Å². The van der Waals surface area contributed by atoms with Crippen LogP contribution < -0.4 is 31.9 Å². The van der Waals surface area contributed by atoms with Gasteiger partial charge in [-0.3, -0.25) is 31.9 Å². The lowest BCUT2D eigenvalue weighted by molar-refractivity contribution is 0.0799.